The molecule has 0 bridgehead atoms. The van der Waals surface area contributed by atoms with Gasteiger partial charge in [-0.1, -0.05) is 30.3 Å². The molecule has 1 rings (SSSR count). The van der Waals surface area contributed by atoms with Gasteiger partial charge >= 0.3 is 0 Å². The van der Waals surface area contributed by atoms with Crippen molar-refractivity contribution in [1.82, 2.24) is 0 Å². The Bertz CT molecular complexity index is 440. The third-order valence-corrected chi connectivity index (χ3v) is 2.48. The Kier molecular flexibility index (Phi) is 3.81. The van der Waals surface area contributed by atoms with Crippen molar-refractivity contribution in [2.45, 2.75) is 0 Å². The van der Waals surface area contributed by atoms with Crippen LogP contribution in [0.25, 0.3) is 0 Å². The number of aliphatic imine (C=N–C) groups is 1. The number of benzene rings is 1. The highest BCUT2D eigenvalue weighted by molar-refractivity contribution is 7.89. The second-order valence-corrected chi connectivity index (χ2v) is 4.73. The quantitative estimate of drug-likeness (QED) is 0.544. The van der Waals surface area contributed by atoms with Gasteiger partial charge in [0.05, 0.1) is 12.3 Å². The van der Waals surface area contributed by atoms with E-state index in [1.807, 2.05) is 18.2 Å². The van der Waals surface area contributed by atoms with Gasteiger partial charge in [-0.05, 0) is 0 Å². The minimum Gasteiger partial charge on any atom is -0.384 e. The van der Waals surface area contributed by atoms with E-state index in [-0.39, 0.29) is 12.3 Å². The van der Waals surface area contributed by atoms with E-state index in [0.717, 1.165) is 5.56 Å². The summed E-state index contributed by atoms with van der Waals surface area (Å²) >= 11 is 0. The summed E-state index contributed by atoms with van der Waals surface area (Å²) in [6.45, 7) is 0.0829. The molecule has 0 unspecified atom stereocenters. The van der Waals surface area contributed by atoms with Crippen molar-refractivity contribution >= 4 is 15.9 Å². The summed E-state index contributed by atoms with van der Waals surface area (Å²) in [7, 11) is -3.46. The molecular formula is C9H13N3O2S. The fraction of sp³-hybridized carbons (Fsp3) is 0.222. The highest BCUT2D eigenvalue weighted by atomic mass is 32.2. The van der Waals surface area contributed by atoms with Crippen LogP contribution in [0.15, 0.2) is 35.3 Å². The number of nitrogens with two attached hydrogens (primary N) is 2. The van der Waals surface area contributed by atoms with Crippen LogP contribution in [0.4, 0.5) is 0 Å². The summed E-state index contributed by atoms with van der Waals surface area (Å²) < 4.78 is 21.2. The molecule has 6 heteroatoms. The molecule has 4 N–H and O–H groups in total. The molecule has 82 valence electrons. The minimum absolute atomic E-state index is 0.0829. The summed E-state index contributed by atoms with van der Waals surface area (Å²) in [6.07, 6.45) is 0. The normalized spacial score (nSPS) is 12.7. The number of hydrogen-bond donors (Lipinski definition) is 2. The van der Waals surface area contributed by atoms with E-state index < -0.39 is 10.0 Å². The first kappa shape index (κ1) is 11.7. The van der Waals surface area contributed by atoms with Gasteiger partial charge in [0.1, 0.15) is 5.84 Å². The van der Waals surface area contributed by atoms with Crippen molar-refractivity contribution in [3.8, 4) is 0 Å². The molecule has 0 aliphatic carbocycles. The molecule has 0 radical (unpaired) electrons. The standard InChI is InChI=1S/C9H13N3O2S/c10-9(8-4-2-1-3-5-8)12-6-7-15(11,13)14/h1-5H,6-7H2,(H2,10,12)(H2,11,13,14). The van der Waals surface area contributed by atoms with E-state index >= 15 is 0 Å². The largest absolute Gasteiger partial charge is 0.384 e. The summed E-state index contributed by atoms with van der Waals surface area (Å²) in [5.41, 5.74) is 6.41. The van der Waals surface area contributed by atoms with Crippen molar-refractivity contribution in [3.63, 3.8) is 0 Å². The molecule has 0 heterocycles. The molecule has 0 saturated heterocycles. The van der Waals surface area contributed by atoms with E-state index in [1.165, 1.54) is 0 Å². The molecule has 0 spiro atoms. The fourth-order valence-corrected chi connectivity index (χ4v) is 1.34. The van der Waals surface area contributed by atoms with Crippen molar-refractivity contribution in [2.24, 2.45) is 15.9 Å². The smallest absolute Gasteiger partial charge is 0.210 e. The summed E-state index contributed by atoms with van der Waals surface area (Å²) in [4.78, 5) is 3.92. The van der Waals surface area contributed by atoms with Gasteiger partial charge in [0, 0.05) is 5.56 Å². The molecule has 1 aromatic carbocycles. The highest BCUT2D eigenvalue weighted by Gasteiger charge is 2.01. The Balaban J connectivity index is 2.62. The lowest BCUT2D eigenvalue weighted by molar-refractivity contribution is 0.597. The Morgan fingerprint density at radius 1 is 1.27 bits per heavy atom. The average Bonchev–Trinajstić information content (AvgIpc) is 2.17. The maximum Gasteiger partial charge on any atom is 0.210 e. The van der Waals surface area contributed by atoms with Crippen molar-refractivity contribution in [1.29, 1.82) is 0 Å². The molecule has 1 aromatic rings. The Morgan fingerprint density at radius 2 is 1.87 bits per heavy atom. The van der Waals surface area contributed by atoms with Crippen LogP contribution in [0.3, 0.4) is 0 Å². The molecule has 0 saturated carbocycles. The fourth-order valence-electron chi connectivity index (χ4n) is 0.994. The third-order valence-electron chi connectivity index (χ3n) is 1.73. The third kappa shape index (κ3) is 4.57. The predicted octanol–water partition coefficient (Wildman–Crippen LogP) is -0.320. The first-order valence-electron chi connectivity index (χ1n) is 4.35. The molecule has 0 aliphatic rings. The Hall–Kier alpha value is -1.40. The summed E-state index contributed by atoms with van der Waals surface area (Å²) in [5.74, 6) is 0.125. The van der Waals surface area contributed by atoms with Gasteiger partial charge in [0.15, 0.2) is 0 Å². The monoisotopic (exact) mass is 227 g/mol. The van der Waals surface area contributed by atoms with Crippen LogP contribution < -0.4 is 10.9 Å². The van der Waals surface area contributed by atoms with Crippen molar-refractivity contribution in [2.75, 3.05) is 12.3 Å². The maximum absolute atomic E-state index is 10.6. The predicted molar refractivity (Wildman–Crippen MR) is 60.0 cm³/mol. The van der Waals surface area contributed by atoms with Gasteiger partial charge in [0.25, 0.3) is 0 Å². The van der Waals surface area contributed by atoms with Crippen LogP contribution in [0.1, 0.15) is 5.56 Å². The van der Waals surface area contributed by atoms with Gasteiger partial charge in [-0.25, -0.2) is 13.6 Å². The first-order chi connectivity index (χ1) is 6.99. The molecular weight excluding hydrogens is 214 g/mol. The molecule has 0 aliphatic heterocycles. The zero-order chi connectivity index (χ0) is 11.3. The lowest BCUT2D eigenvalue weighted by Crippen LogP contribution is -2.20. The van der Waals surface area contributed by atoms with Gasteiger partial charge < -0.3 is 5.73 Å². The molecule has 0 fully saturated rings. The van der Waals surface area contributed by atoms with Crippen molar-refractivity contribution < 1.29 is 8.42 Å². The molecule has 0 aromatic heterocycles. The summed E-state index contributed by atoms with van der Waals surface area (Å²) in [6, 6.07) is 9.13. The topological polar surface area (TPSA) is 98.5 Å². The van der Waals surface area contributed by atoms with Crippen LogP contribution in [-0.2, 0) is 10.0 Å². The van der Waals surface area contributed by atoms with Crippen LogP contribution in [0.5, 0.6) is 0 Å². The van der Waals surface area contributed by atoms with Crippen LogP contribution in [0, 0.1) is 0 Å². The number of sulfonamides is 1. The number of rotatable bonds is 4. The van der Waals surface area contributed by atoms with Gasteiger partial charge in [-0.15, -0.1) is 0 Å². The SMILES string of the molecule is NC(=NCCS(N)(=O)=O)c1ccccc1. The van der Waals surface area contributed by atoms with Gasteiger partial charge in [0.2, 0.25) is 10.0 Å². The van der Waals surface area contributed by atoms with Gasteiger partial charge in [-0.3, -0.25) is 4.99 Å². The van der Waals surface area contributed by atoms with E-state index in [1.54, 1.807) is 12.1 Å². The second-order valence-electron chi connectivity index (χ2n) is 3.00. The number of amidine groups is 1. The van der Waals surface area contributed by atoms with Crippen molar-refractivity contribution in [3.05, 3.63) is 35.9 Å². The minimum atomic E-state index is -3.46. The van der Waals surface area contributed by atoms with Gasteiger partial charge in [-0.2, -0.15) is 0 Å². The van der Waals surface area contributed by atoms with E-state index in [9.17, 15) is 8.42 Å². The maximum atomic E-state index is 10.6. The van der Waals surface area contributed by atoms with Crippen LogP contribution in [-0.4, -0.2) is 26.6 Å². The Morgan fingerprint density at radius 3 is 2.40 bits per heavy atom. The zero-order valence-electron chi connectivity index (χ0n) is 8.13. The number of hydrogen-bond acceptors (Lipinski definition) is 3. The van der Waals surface area contributed by atoms with Crippen LogP contribution >= 0.6 is 0 Å². The average molecular weight is 227 g/mol. The molecule has 15 heavy (non-hydrogen) atoms. The number of nitrogens with zero attached hydrogens (tertiary/aromatic N) is 1. The number of primary sulfonamides is 1. The van der Waals surface area contributed by atoms with Crippen LogP contribution in [0.2, 0.25) is 0 Å². The first-order valence-corrected chi connectivity index (χ1v) is 6.06. The lowest BCUT2D eigenvalue weighted by atomic mass is 10.2. The highest BCUT2D eigenvalue weighted by Crippen LogP contribution is 1.97. The molecule has 0 amide bonds. The Labute approximate surface area is 88.9 Å². The molecule has 5 nitrogen and oxygen atoms in total. The molecule has 0 atom stereocenters. The second kappa shape index (κ2) is 4.90. The van der Waals surface area contributed by atoms with E-state index in [0.29, 0.717) is 5.84 Å². The zero-order valence-corrected chi connectivity index (χ0v) is 8.94. The van der Waals surface area contributed by atoms with E-state index in [4.69, 9.17) is 10.9 Å². The summed E-state index contributed by atoms with van der Waals surface area (Å²) in [5, 5.41) is 4.82. The lowest BCUT2D eigenvalue weighted by Gasteiger charge is -2.00. The van der Waals surface area contributed by atoms with E-state index in [2.05, 4.69) is 4.99 Å².